The predicted molar refractivity (Wildman–Crippen MR) is 152 cm³/mol. The number of carbonyl (C=O) groups is 1. The number of carbonyl (C=O) groups excluding carboxylic acids is 1. The number of aliphatic hydroxyl groups is 2. The third-order valence-corrected chi connectivity index (χ3v) is 6.34. The first-order valence-electron chi connectivity index (χ1n) is 12.8. The van der Waals surface area contributed by atoms with E-state index in [1.165, 1.54) is 0 Å². The molecule has 0 aliphatic heterocycles. The highest BCUT2D eigenvalue weighted by Crippen LogP contribution is 2.41. The predicted octanol–water partition coefficient (Wildman–Crippen LogP) is 4.92. The molecule has 3 atom stereocenters. The first-order chi connectivity index (χ1) is 17.8. The van der Waals surface area contributed by atoms with Crippen LogP contribution in [0.15, 0.2) is 31.4 Å². The lowest BCUT2D eigenvalue weighted by molar-refractivity contribution is -0.137. The molecule has 0 saturated heterocycles. The van der Waals surface area contributed by atoms with Gasteiger partial charge in [0.25, 0.3) is 0 Å². The van der Waals surface area contributed by atoms with Gasteiger partial charge in [-0.15, -0.1) is 13.2 Å². The fourth-order valence-electron chi connectivity index (χ4n) is 2.65. The molecule has 0 bridgehead atoms. The van der Waals surface area contributed by atoms with E-state index >= 15 is 0 Å². The Hall–Kier alpha value is -1.62. The molecule has 1 aromatic carbocycles. The number of thioether (sulfide) groups is 1. The van der Waals surface area contributed by atoms with Crippen LogP contribution < -0.4 is 9.47 Å². The number of para-hydroxylation sites is 1. The monoisotopic (exact) mass is 546 g/mol. The second kappa shape index (κ2) is 24.7. The van der Waals surface area contributed by atoms with Gasteiger partial charge in [0.05, 0.1) is 51.7 Å². The number of methoxy groups -OCH3 is 1. The highest BCUT2D eigenvalue weighted by molar-refractivity contribution is 7.99. The molecule has 0 aliphatic carbocycles. The highest BCUT2D eigenvalue weighted by atomic mass is 32.2. The summed E-state index contributed by atoms with van der Waals surface area (Å²) in [6.07, 6.45) is -0.761. The first-order valence-corrected chi connectivity index (χ1v) is 13.9. The Kier molecular flexibility index (Phi) is 25.1. The second-order valence-corrected chi connectivity index (χ2v) is 9.39. The van der Waals surface area contributed by atoms with Crippen molar-refractivity contribution in [1.29, 1.82) is 0 Å². The summed E-state index contributed by atoms with van der Waals surface area (Å²) in [7, 11) is 1.63. The maximum absolute atomic E-state index is 12.4. The lowest BCUT2D eigenvalue weighted by Crippen LogP contribution is -2.23. The number of ether oxygens (including phenoxy) is 5. The standard InChI is InChI=1S/C24H40O8S.C2H6.C2H4/c1-17(2)24(27)32-23-20(19(4)33-16-18(3)21(26)15-25)7-6-8-22(23)31-14-13-30-12-11-29-10-9-28-5;2*1-2/h6-8,17-19,21,25-26H,9-16H2,1-5H3;1-2H3;1-2H2. The third-order valence-electron chi connectivity index (χ3n) is 4.86. The largest absolute Gasteiger partial charge is 0.487 e. The van der Waals surface area contributed by atoms with Crippen LogP contribution in [0.25, 0.3) is 0 Å². The molecule has 2 N–H and O–H groups in total. The minimum absolute atomic E-state index is 0.0163. The molecule has 0 spiro atoms. The number of hydrogen-bond acceptors (Lipinski definition) is 9. The molecule has 3 unspecified atom stereocenters. The summed E-state index contributed by atoms with van der Waals surface area (Å²) < 4.78 is 27.4. The molecule has 0 amide bonds. The number of hydrogen-bond donors (Lipinski definition) is 2. The van der Waals surface area contributed by atoms with Crippen molar-refractivity contribution in [2.45, 2.75) is 52.9 Å². The van der Waals surface area contributed by atoms with E-state index in [0.29, 0.717) is 56.9 Å². The maximum Gasteiger partial charge on any atom is 0.313 e. The van der Waals surface area contributed by atoms with Gasteiger partial charge in [0.1, 0.15) is 6.61 Å². The summed E-state index contributed by atoms with van der Waals surface area (Å²) in [4.78, 5) is 12.4. The summed E-state index contributed by atoms with van der Waals surface area (Å²) in [6.45, 7) is 19.9. The Bertz CT molecular complexity index is 686. The molecular weight excluding hydrogens is 496 g/mol. The average molecular weight is 547 g/mol. The number of esters is 1. The van der Waals surface area contributed by atoms with Crippen molar-refractivity contribution in [1.82, 2.24) is 0 Å². The van der Waals surface area contributed by atoms with Gasteiger partial charge in [-0.3, -0.25) is 4.79 Å². The van der Waals surface area contributed by atoms with E-state index in [-0.39, 0.29) is 29.7 Å². The van der Waals surface area contributed by atoms with Crippen molar-refractivity contribution in [2.24, 2.45) is 11.8 Å². The Morgan fingerprint density at radius 2 is 1.54 bits per heavy atom. The van der Waals surface area contributed by atoms with Crippen LogP contribution >= 0.6 is 11.8 Å². The van der Waals surface area contributed by atoms with Crippen LogP contribution in [0.1, 0.15) is 52.4 Å². The fraction of sp³-hybridized carbons (Fsp3) is 0.679. The lowest BCUT2D eigenvalue weighted by Gasteiger charge is -2.22. The molecule has 0 saturated carbocycles. The van der Waals surface area contributed by atoms with Gasteiger partial charge in [-0.2, -0.15) is 11.8 Å². The molecule has 37 heavy (non-hydrogen) atoms. The van der Waals surface area contributed by atoms with Crippen LogP contribution in [0.5, 0.6) is 11.5 Å². The topological polar surface area (TPSA) is 104 Å². The van der Waals surface area contributed by atoms with Crippen LogP contribution in [-0.4, -0.2) is 81.4 Å². The van der Waals surface area contributed by atoms with Gasteiger partial charge >= 0.3 is 5.97 Å². The first kappa shape index (κ1) is 37.5. The summed E-state index contributed by atoms with van der Waals surface area (Å²) in [5.74, 6) is 0.852. The summed E-state index contributed by atoms with van der Waals surface area (Å²) in [5, 5.41) is 19.0. The van der Waals surface area contributed by atoms with Crippen LogP contribution in [0.4, 0.5) is 0 Å². The number of rotatable bonds is 18. The lowest BCUT2D eigenvalue weighted by atomic mass is 10.1. The number of benzene rings is 1. The summed E-state index contributed by atoms with van der Waals surface area (Å²) >= 11 is 1.62. The Labute approximate surface area is 228 Å². The van der Waals surface area contributed by atoms with E-state index in [1.54, 1.807) is 38.8 Å². The van der Waals surface area contributed by atoms with Crippen molar-refractivity contribution in [2.75, 3.05) is 59.1 Å². The van der Waals surface area contributed by atoms with Gasteiger partial charge in [-0.05, 0) is 24.7 Å². The molecular formula is C28H50O8S. The molecule has 0 heterocycles. The molecule has 0 aliphatic rings. The fourth-order valence-corrected chi connectivity index (χ4v) is 3.83. The molecule has 0 radical (unpaired) electrons. The van der Waals surface area contributed by atoms with Crippen molar-refractivity contribution in [3.63, 3.8) is 0 Å². The van der Waals surface area contributed by atoms with E-state index in [0.717, 1.165) is 5.56 Å². The Balaban J connectivity index is 0. The molecule has 1 aromatic rings. The zero-order chi connectivity index (χ0) is 28.6. The minimum Gasteiger partial charge on any atom is -0.487 e. The quantitative estimate of drug-likeness (QED) is 0.115. The Morgan fingerprint density at radius 3 is 2.08 bits per heavy atom. The molecule has 8 nitrogen and oxygen atoms in total. The van der Waals surface area contributed by atoms with E-state index < -0.39 is 6.10 Å². The second-order valence-electron chi connectivity index (χ2n) is 8.02. The highest BCUT2D eigenvalue weighted by Gasteiger charge is 2.22. The van der Waals surface area contributed by atoms with E-state index in [4.69, 9.17) is 28.8 Å². The smallest absolute Gasteiger partial charge is 0.313 e. The molecule has 0 aromatic heterocycles. The average Bonchev–Trinajstić information content (AvgIpc) is 2.92. The molecule has 1 rings (SSSR count). The SMILES string of the molecule is C=C.CC.COCCOCCOCCOc1cccc(C(C)SCC(C)C(O)CO)c1OC(=O)C(C)C. The molecule has 0 fully saturated rings. The Morgan fingerprint density at radius 1 is 0.973 bits per heavy atom. The normalized spacial score (nSPS) is 12.9. The zero-order valence-electron chi connectivity index (χ0n) is 23.9. The van der Waals surface area contributed by atoms with Crippen molar-refractivity contribution in [3.8, 4) is 11.5 Å². The van der Waals surface area contributed by atoms with Gasteiger partial charge in [-0.25, -0.2) is 0 Å². The third kappa shape index (κ3) is 16.8. The van der Waals surface area contributed by atoms with Crippen molar-refractivity contribution in [3.05, 3.63) is 36.9 Å². The van der Waals surface area contributed by atoms with Crippen LogP contribution in [0, 0.1) is 11.8 Å². The van der Waals surface area contributed by atoms with E-state index in [9.17, 15) is 9.90 Å². The summed E-state index contributed by atoms with van der Waals surface area (Å²) in [6, 6.07) is 5.55. The van der Waals surface area contributed by atoms with Crippen molar-refractivity contribution < 1.29 is 38.7 Å². The summed E-state index contributed by atoms with van der Waals surface area (Å²) in [5.41, 5.74) is 0.838. The van der Waals surface area contributed by atoms with Crippen LogP contribution in [0.2, 0.25) is 0 Å². The van der Waals surface area contributed by atoms with Gasteiger partial charge in [0, 0.05) is 17.9 Å². The van der Waals surface area contributed by atoms with E-state index in [1.807, 2.05) is 39.8 Å². The van der Waals surface area contributed by atoms with Crippen LogP contribution in [0.3, 0.4) is 0 Å². The maximum atomic E-state index is 12.4. The van der Waals surface area contributed by atoms with Gasteiger partial charge in [0.15, 0.2) is 11.5 Å². The van der Waals surface area contributed by atoms with Crippen molar-refractivity contribution >= 4 is 17.7 Å². The van der Waals surface area contributed by atoms with Gasteiger partial charge < -0.3 is 33.9 Å². The molecule has 216 valence electrons. The van der Waals surface area contributed by atoms with Gasteiger partial charge in [-0.1, -0.05) is 46.8 Å². The minimum atomic E-state index is -0.761. The van der Waals surface area contributed by atoms with E-state index in [2.05, 4.69) is 13.2 Å². The zero-order valence-corrected chi connectivity index (χ0v) is 24.7. The number of aliphatic hydroxyl groups excluding tert-OH is 2. The van der Waals surface area contributed by atoms with Crippen LogP contribution in [-0.2, 0) is 19.0 Å². The van der Waals surface area contributed by atoms with Gasteiger partial charge in [0.2, 0.25) is 0 Å². The molecule has 9 heteroatoms.